The minimum atomic E-state index is -4.75. The normalized spacial score (nSPS) is 12.9. The summed E-state index contributed by atoms with van der Waals surface area (Å²) in [6.45, 7) is 3.55. The van der Waals surface area contributed by atoms with Gasteiger partial charge in [-0.15, -0.1) is 0 Å². The number of phosphoric acid groups is 1. The Bertz CT molecular complexity index is 802. The summed E-state index contributed by atoms with van der Waals surface area (Å²) in [7, 11) is -4.75. The van der Waals surface area contributed by atoms with Crippen molar-refractivity contribution >= 4 is 19.8 Å². The number of allylic oxidation sites excluding steroid dienone is 6. The van der Waals surface area contributed by atoms with Gasteiger partial charge in [0.25, 0.3) is 0 Å². The van der Waals surface area contributed by atoms with E-state index in [1.165, 1.54) is 25.7 Å². The number of ether oxygens (including phenoxy) is 2. The van der Waals surface area contributed by atoms with Crippen LogP contribution in [0.25, 0.3) is 0 Å². The molecule has 0 rings (SSSR count). The Balaban J connectivity index is 4.05. The van der Waals surface area contributed by atoms with Gasteiger partial charge in [-0.2, -0.15) is 0 Å². The molecule has 0 aliphatic carbocycles. The standard InChI is InChI=1S/C34H61O8P/c1-3-5-7-9-11-13-15-16-17-19-20-22-24-26-28-33(35)40-30-32(31-41-43(37,38)39)42-34(36)29-27-25-23-21-18-14-12-10-8-6-4-2/h9-12,15-16,32H,3-8,13-14,17-31H2,1-2H3,(H2,37,38,39)/b11-9-,12-10-,16-15-/t32-/m1/s1. The Kier molecular flexibility index (Phi) is 29.1. The largest absolute Gasteiger partial charge is 0.469 e. The van der Waals surface area contributed by atoms with Crippen LogP contribution < -0.4 is 0 Å². The molecule has 0 unspecified atom stereocenters. The van der Waals surface area contributed by atoms with E-state index in [4.69, 9.17) is 19.3 Å². The average Bonchev–Trinajstić information content (AvgIpc) is 2.97. The number of carbonyl (C=O) groups excluding carboxylic acids is 2. The van der Waals surface area contributed by atoms with Crippen LogP contribution in [0.5, 0.6) is 0 Å². The van der Waals surface area contributed by atoms with Crippen molar-refractivity contribution in [3.8, 4) is 0 Å². The van der Waals surface area contributed by atoms with Crippen molar-refractivity contribution in [2.75, 3.05) is 13.2 Å². The molecule has 0 radical (unpaired) electrons. The molecule has 0 aliphatic heterocycles. The SMILES string of the molecule is CCCC/C=C\C/C=C\CCCCCCCC(=O)OC[C@H](COP(=O)(O)O)OC(=O)CCCCCCC/C=C\CCCC. The number of hydrogen-bond acceptors (Lipinski definition) is 6. The molecule has 0 saturated carbocycles. The van der Waals surface area contributed by atoms with E-state index >= 15 is 0 Å². The highest BCUT2D eigenvalue weighted by molar-refractivity contribution is 7.46. The van der Waals surface area contributed by atoms with Crippen LogP contribution in [0.3, 0.4) is 0 Å². The van der Waals surface area contributed by atoms with Gasteiger partial charge in [-0.05, 0) is 57.8 Å². The summed E-state index contributed by atoms with van der Waals surface area (Å²) in [5.74, 6) is -0.917. The van der Waals surface area contributed by atoms with Crippen LogP contribution in [0.15, 0.2) is 36.5 Å². The van der Waals surface area contributed by atoms with Crippen LogP contribution in [0.2, 0.25) is 0 Å². The third kappa shape index (κ3) is 33.0. The lowest BCUT2D eigenvalue weighted by molar-refractivity contribution is -0.161. The minimum absolute atomic E-state index is 0.198. The lowest BCUT2D eigenvalue weighted by atomic mass is 10.1. The summed E-state index contributed by atoms with van der Waals surface area (Å²) in [6, 6.07) is 0. The predicted octanol–water partition coefficient (Wildman–Crippen LogP) is 9.45. The van der Waals surface area contributed by atoms with E-state index in [2.05, 4.69) is 54.8 Å². The molecule has 9 heteroatoms. The van der Waals surface area contributed by atoms with Gasteiger partial charge in [0, 0.05) is 12.8 Å². The second-order valence-corrected chi connectivity index (χ2v) is 12.4. The van der Waals surface area contributed by atoms with Gasteiger partial charge in [0.1, 0.15) is 6.61 Å². The summed E-state index contributed by atoms with van der Waals surface area (Å²) in [4.78, 5) is 42.5. The van der Waals surface area contributed by atoms with Crippen LogP contribution >= 0.6 is 7.82 Å². The van der Waals surface area contributed by atoms with Crippen LogP contribution in [-0.2, 0) is 28.2 Å². The summed E-state index contributed by atoms with van der Waals surface area (Å²) in [6.07, 6.45) is 32.9. The van der Waals surface area contributed by atoms with Crippen LogP contribution in [0, 0.1) is 0 Å². The maximum Gasteiger partial charge on any atom is 0.469 e. The van der Waals surface area contributed by atoms with Crippen molar-refractivity contribution in [1.29, 1.82) is 0 Å². The maximum absolute atomic E-state index is 12.3. The summed E-state index contributed by atoms with van der Waals surface area (Å²) in [5, 5.41) is 0. The van der Waals surface area contributed by atoms with E-state index in [-0.39, 0.29) is 19.4 Å². The second kappa shape index (κ2) is 30.3. The number of rotatable bonds is 30. The molecule has 0 bridgehead atoms. The Hall–Kier alpha value is -1.73. The van der Waals surface area contributed by atoms with Gasteiger partial charge in [-0.3, -0.25) is 14.1 Å². The van der Waals surface area contributed by atoms with E-state index in [1.807, 2.05) is 0 Å². The maximum atomic E-state index is 12.3. The summed E-state index contributed by atoms with van der Waals surface area (Å²) < 4.78 is 26.2. The van der Waals surface area contributed by atoms with Gasteiger partial charge >= 0.3 is 19.8 Å². The molecule has 0 fully saturated rings. The molecule has 43 heavy (non-hydrogen) atoms. The van der Waals surface area contributed by atoms with Gasteiger partial charge in [-0.25, -0.2) is 4.57 Å². The monoisotopic (exact) mass is 628 g/mol. The smallest absolute Gasteiger partial charge is 0.462 e. The fourth-order valence-electron chi connectivity index (χ4n) is 4.31. The predicted molar refractivity (Wildman–Crippen MR) is 175 cm³/mol. The van der Waals surface area contributed by atoms with Crippen molar-refractivity contribution in [1.82, 2.24) is 0 Å². The Morgan fingerprint density at radius 3 is 1.56 bits per heavy atom. The van der Waals surface area contributed by atoms with Crippen LogP contribution in [0.4, 0.5) is 0 Å². The molecular formula is C34H61O8P. The molecule has 0 saturated heterocycles. The molecule has 0 aliphatic rings. The van der Waals surface area contributed by atoms with Crippen LogP contribution in [-0.4, -0.2) is 41.0 Å². The van der Waals surface area contributed by atoms with Gasteiger partial charge in [-0.1, -0.05) is 115 Å². The number of phosphoric ester groups is 1. The van der Waals surface area contributed by atoms with Gasteiger partial charge in [0.2, 0.25) is 0 Å². The fraction of sp³-hybridized carbons (Fsp3) is 0.765. The first-order valence-electron chi connectivity index (χ1n) is 16.8. The first-order chi connectivity index (χ1) is 20.8. The number of hydrogen-bond donors (Lipinski definition) is 2. The molecule has 8 nitrogen and oxygen atoms in total. The highest BCUT2D eigenvalue weighted by Gasteiger charge is 2.22. The Morgan fingerprint density at radius 1 is 0.605 bits per heavy atom. The molecule has 250 valence electrons. The topological polar surface area (TPSA) is 119 Å². The molecule has 0 aromatic heterocycles. The zero-order valence-corrected chi connectivity index (χ0v) is 28.0. The highest BCUT2D eigenvalue weighted by Crippen LogP contribution is 2.35. The molecule has 1 atom stereocenters. The zero-order valence-electron chi connectivity index (χ0n) is 27.1. The zero-order chi connectivity index (χ0) is 31.9. The second-order valence-electron chi connectivity index (χ2n) is 11.1. The van der Waals surface area contributed by atoms with E-state index in [0.29, 0.717) is 12.8 Å². The first kappa shape index (κ1) is 41.3. The highest BCUT2D eigenvalue weighted by atomic mass is 31.2. The van der Waals surface area contributed by atoms with Gasteiger partial charge < -0.3 is 19.3 Å². The van der Waals surface area contributed by atoms with E-state index in [0.717, 1.165) is 83.5 Å². The van der Waals surface area contributed by atoms with E-state index in [1.54, 1.807) is 0 Å². The molecule has 2 N–H and O–H groups in total. The summed E-state index contributed by atoms with van der Waals surface area (Å²) in [5.41, 5.74) is 0. The van der Waals surface area contributed by atoms with Crippen molar-refractivity contribution in [3.63, 3.8) is 0 Å². The molecule has 0 aromatic rings. The fourth-order valence-corrected chi connectivity index (χ4v) is 4.67. The quantitative estimate of drug-likeness (QED) is 0.0349. The molecular weight excluding hydrogens is 567 g/mol. The van der Waals surface area contributed by atoms with Crippen molar-refractivity contribution in [2.45, 2.75) is 155 Å². The van der Waals surface area contributed by atoms with Gasteiger partial charge in [0.05, 0.1) is 6.61 Å². The van der Waals surface area contributed by atoms with E-state index < -0.39 is 32.5 Å². The molecule has 0 spiro atoms. The molecule has 0 amide bonds. The average molecular weight is 629 g/mol. The first-order valence-corrected chi connectivity index (χ1v) is 18.3. The van der Waals surface area contributed by atoms with Gasteiger partial charge in [0.15, 0.2) is 6.10 Å². The molecule has 0 heterocycles. The lowest BCUT2D eigenvalue weighted by Crippen LogP contribution is -2.29. The van der Waals surface area contributed by atoms with E-state index in [9.17, 15) is 14.2 Å². The number of unbranched alkanes of at least 4 members (excludes halogenated alkanes) is 14. The third-order valence-electron chi connectivity index (χ3n) is 6.88. The summed E-state index contributed by atoms with van der Waals surface area (Å²) >= 11 is 0. The van der Waals surface area contributed by atoms with Crippen molar-refractivity contribution in [3.05, 3.63) is 36.5 Å². The van der Waals surface area contributed by atoms with Crippen molar-refractivity contribution < 1.29 is 37.9 Å². The third-order valence-corrected chi connectivity index (χ3v) is 7.37. The number of esters is 2. The minimum Gasteiger partial charge on any atom is -0.462 e. The Labute approximate surface area is 262 Å². The molecule has 0 aromatic carbocycles. The van der Waals surface area contributed by atoms with Crippen LogP contribution in [0.1, 0.15) is 149 Å². The van der Waals surface area contributed by atoms with Crippen molar-refractivity contribution in [2.24, 2.45) is 0 Å². The number of carbonyl (C=O) groups is 2. The lowest BCUT2D eigenvalue weighted by Gasteiger charge is -2.18. The Morgan fingerprint density at radius 2 is 1.05 bits per heavy atom.